The Kier molecular flexibility index (Phi) is 2.49. The highest BCUT2D eigenvalue weighted by atomic mass is 35.5. The maximum absolute atomic E-state index is 3.12. The zero-order valence-corrected chi connectivity index (χ0v) is 6.55. The molecule has 2 heterocycles. The summed E-state index contributed by atoms with van der Waals surface area (Å²) in [7, 11) is 0. The summed E-state index contributed by atoms with van der Waals surface area (Å²) in [6.07, 6.45) is 0. The van der Waals surface area contributed by atoms with E-state index in [2.05, 4.69) is 21.7 Å². The predicted octanol–water partition coefficient (Wildman–Crippen LogP) is -1.39. The molecule has 0 unspecified atom stereocenters. The van der Waals surface area contributed by atoms with Crippen LogP contribution in [0.15, 0.2) is 0 Å². The first-order valence-corrected chi connectivity index (χ1v) is 3.33. The Morgan fingerprint density at radius 2 is 1.00 bits per heavy atom. The molecule has 0 atom stereocenters. The van der Waals surface area contributed by atoms with Crippen molar-refractivity contribution >= 4 is 12.4 Å². The highest BCUT2D eigenvalue weighted by Gasteiger charge is 2.36. The molecule has 0 aromatic rings. The van der Waals surface area contributed by atoms with Crippen molar-refractivity contribution < 1.29 is 0 Å². The topological polar surface area (TPSA) is 48.1 Å². The van der Waals surface area contributed by atoms with Gasteiger partial charge in [0.15, 0.2) is 0 Å². The van der Waals surface area contributed by atoms with Gasteiger partial charge in [-0.15, -0.1) is 12.4 Å². The Balaban J connectivity index is 0.000000500. The van der Waals surface area contributed by atoms with Crippen LogP contribution in [0, 0.1) is 5.41 Å². The summed E-state index contributed by atoms with van der Waals surface area (Å²) in [5.74, 6) is 0. The van der Waals surface area contributed by atoms with Gasteiger partial charge < -0.3 is 0 Å². The Labute approximate surface area is 66.5 Å². The smallest absolute Gasteiger partial charge is 0.0257 e. The summed E-state index contributed by atoms with van der Waals surface area (Å²) in [6, 6.07) is 0. The van der Waals surface area contributed by atoms with E-state index < -0.39 is 0 Å². The molecule has 0 radical (unpaired) electrons. The van der Waals surface area contributed by atoms with Gasteiger partial charge in [0, 0.05) is 31.6 Å². The van der Waals surface area contributed by atoms with Gasteiger partial charge in [-0.3, -0.25) is 21.7 Å². The second-order valence-corrected chi connectivity index (χ2v) is 2.91. The predicted molar refractivity (Wildman–Crippen MR) is 41.7 cm³/mol. The molecule has 60 valence electrons. The lowest BCUT2D eigenvalue weighted by atomic mass is 9.91. The van der Waals surface area contributed by atoms with E-state index in [-0.39, 0.29) is 12.4 Å². The normalized spacial score (nSPS) is 28.8. The fourth-order valence-electron chi connectivity index (χ4n) is 1.37. The van der Waals surface area contributed by atoms with Crippen LogP contribution in [0.2, 0.25) is 0 Å². The zero-order chi connectivity index (χ0) is 6.16. The van der Waals surface area contributed by atoms with E-state index in [0.29, 0.717) is 5.41 Å². The number of hydrogen-bond donors (Lipinski definition) is 4. The van der Waals surface area contributed by atoms with Crippen LogP contribution in [-0.2, 0) is 0 Å². The molecule has 0 amide bonds. The van der Waals surface area contributed by atoms with Gasteiger partial charge in [-0.1, -0.05) is 0 Å². The lowest BCUT2D eigenvalue weighted by Crippen LogP contribution is -2.31. The maximum atomic E-state index is 3.12. The van der Waals surface area contributed by atoms with Crippen LogP contribution < -0.4 is 21.7 Å². The number of hydrazine groups is 2. The van der Waals surface area contributed by atoms with Crippen molar-refractivity contribution in [2.24, 2.45) is 5.41 Å². The van der Waals surface area contributed by atoms with Crippen molar-refractivity contribution in [3.8, 4) is 0 Å². The molecular formula is C5H13ClN4. The van der Waals surface area contributed by atoms with Crippen LogP contribution >= 0.6 is 12.4 Å². The van der Waals surface area contributed by atoms with Crippen LogP contribution in [0.5, 0.6) is 0 Å². The van der Waals surface area contributed by atoms with Crippen molar-refractivity contribution in [3.05, 3.63) is 0 Å². The van der Waals surface area contributed by atoms with Gasteiger partial charge in [0.1, 0.15) is 0 Å². The Morgan fingerprint density at radius 1 is 0.700 bits per heavy atom. The van der Waals surface area contributed by atoms with Crippen molar-refractivity contribution in [1.29, 1.82) is 0 Å². The highest BCUT2D eigenvalue weighted by molar-refractivity contribution is 5.85. The van der Waals surface area contributed by atoms with E-state index in [4.69, 9.17) is 0 Å². The molecule has 0 saturated carbocycles. The molecule has 5 heteroatoms. The summed E-state index contributed by atoms with van der Waals surface area (Å²) < 4.78 is 0. The Bertz CT molecular complexity index is 88.7. The van der Waals surface area contributed by atoms with E-state index in [1.165, 1.54) is 0 Å². The monoisotopic (exact) mass is 164 g/mol. The van der Waals surface area contributed by atoms with Crippen LogP contribution in [0.4, 0.5) is 0 Å². The Morgan fingerprint density at radius 3 is 1.30 bits per heavy atom. The van der Waals surface area contributed by atoms with Gasteiger partial charge in [-0.05, 0) is 0 Å². The molecule has 2 aliphatic rings. The summed E-state index contributed by atoms with van der Waals surface area (Å²) in [5.41, 5.74) is 12.9. The van der Waals surface area contributed by atoms with E-state index in [1.807, 2.05) is 0 Å². The third-order valence-electron chi connectivity index (χ3n) is 2.10. The van der Waals surface area contributed by atoms with E-state index in [1.54, 1.807) is 0 Å². The van der Waals surface area contributed by atoms with Crippen LogP contribution in [-0.4, -0.2) is 26.2 Å². The van der Waals surface area contributed by atoms with Crippen molar-refractivity contribution in [2.45, 2.75) is 0 Å². The Hall–Kier alpha value is 0.130. The van der Waals surface area contributed by atoms with Crippen LogP contribution in [0.25, 0.3) is 0 Å². The minimum absolute atomic E-state index is 0. The van der Waals surface area contributed by atoms with Crippen molar-refractivity contribution in [3.63, 3.8) is 0 Å². The van der Waals surface area contributed by atoms with Gasteiger partial charge in [0.2, 0.25) is 0 Å². The largest absolute Gasteiger partial charge is 0.257 e. The number of hydrogen-bond acceptors (Lipinski definition) is 4. The van der Waals surface area contributed by atoms with Gasteiger partial charge in [0.25, 0.3) is 0 Å². The SMILES string of the molecule is C1NNCC12CNNC2.Cl. The molecule has 2 fully saturated rings. The zero-order valence-electron chi connectivity index (χ0n) is 5.74. The molecule has 0 aromatic heterocycles. The second-order valence-electron chi connectivity index (χ2n) is 2.91. The second kappa shape index (κ2) is 3.02. The van der Waals surface area contributed by atoms with Gasteiger partial charge in [-0.25, -0.2) is 0 Å². The minimum atomic E-state index is 0. The average molecular weight is 165 g/mol. The summed E-state index contributed by atoms with van der Waals surface area (Å²) >= 11 is 0. The standard InChI is InChI=1S/C5H12N4.ClH/c1-5(2-7-6-1)3-8-9-4-5;/h6-9H,1-4H2;1H. The van der Waals surface area contributed by atoms with Gasteiger partial charge >= 0.3 is 0 Å². The van der Waals surface area contributed by atoms with Gasteiger partial charge in [0.05, 0.1) is 0 Å². The summed E-state index contributed by atoms with van der Waals surface area (Å²) in [6.45, 7) is 4.31. The lowest BCUT2D eigenvalue weighted by Gasteiger charge is -2.16. The summed E-state index contributed by atoms with van der Waals surface area (Å²) in [5, 5.41) is 0. The van der Waals surface area contributed by atoms with Crippen molar-refractivity contribution in [1.82, 2.24) is 21.7 Å². The van der Waals surface area contributed by atoms with E-state index in [9.17, 15) is 0 Å². The highest BCUT2D eigenvalue weighted by Crippen LogP contribution is 2.17. The molecule has 1 spiro atoms. The molecule has 0 aliphatic carbocycles. The maximum Gasteiger partial charge on any atom is 0.0257 e. The average Bonchev–Trinajstić information content (AvgIpc) is 2.45. The molecule has 0 bridgehead atoms. The van der Waals surface area contributed by atoms with Crippen molar-refractivity contribution in [2.75, 3.05) is 26.2 Å². The van der Waals surface area contributed by atoms with Gasteiger partial charge in [-0.2, -0.15) is 0 Å². The first kappa shape index (κ1) is 8.23. The fourth-order valence-corrected chi connectivity index (χ4v) is 1.37. The number of rotatable bonds is 0. The summed E-state index contributed by atoms with van der Waals surface area (Å²) in [4.78, 5) is 0. The molecular weight excluding hydrogens is 152 g/mol. The third kappa shape index (κ3) is 1.26. The quantitative estimate of drug-likeness (QED) is 0.356. The fraction of sp³-hybridized carbons (Fsp3) is 1.00. The van der Waals surface area contributed by atoms with Crippen LogP contribution in [0.3, 0.4) is 0 Å². The molecule has 10 heavy (non-hydrogen) atoms. The van der Waals surface area contributed by atoms with Crippen LogP contribution in [0.1, 0.15) is 0 Å². The molecule has 2 aliphatic heterocycles. The first-order valence-electron chi connectivity index (χ1n) is 3.33. The minimum Gasteiger partial charge on any atom is -0.257 e. The number of nitrogens with one attached hydrogen (secondary N) is 4. The third-order valence-corrected chi connectivity index (χ3v) is 2.10. The molecule has 4 nitrogen and oxygen atoms in total. The number of halogens is 1. The first-order chi connectivity index (χ1) is 4.41. The van der Waals surface area contributed by atoms with E-state index in [0.717, 1.165) is 26.2 Å². The lowest BCUT2D eigenvalue weighted by molar-refractivity contribution is 0.413. The van der Waals surface area contributed by atoms with E-state index >= 15 is 0 Å². The molecule has 4 N–H and O–H groups in total. The molecule has 0 aromatic carbocycles. The molecule has 2 saturated heterocycles. The molecule has 2 rings (SSSR count).